The minimum atomic E-state index is -1.27. The molecule has 0 fully saturated rings. The minimum Gasteiger partial charge on any atom is -0.352 e. The SMILES string of the molecule is O=C(NCCCc1ncc[nH]1)c1ccnc(F)c1F. The summed E-state index contributed by atoms with van der Waals surface area (Å²) in [5.41, 5.74) is -0.342. The van der Waals surface area contributed by atoms with Crippen LogP contribution in [0.3, 0.4) is 0 Å². The van der Waals surface area contributed by atoms with E-state index in [2.05, 4.69) is 20.3 Å². The Labute approximate surface area is 108 Å². The Balaban J connectivity index is 1.83. The summed E-state index contributed by atoms with van der Waals surface area (Å²) >= 11 is 0. The van der Waals surface area contributed by atoms with Gasteiger partial charge in [-0.05, 0) is 12.5 Å². The molecule has 0 aliphatic carbocycles. The number of hydrogen-bond donors (Lipinski definition) is 2. The van der Waals surface area contributed by atoms with E-state index in [1.807, 2.05) is 0 Å². The van der Waals surface area contributed by atoms with Gasteiger partial charge in [-0.25, -0.2) is 14.4 Å². The van der Waals surface area contributed by atoms with Crippen LogP contribution >= 0.6 is 0 Å². The van der Waals surface area contributed by atoms with Crippen LogP contribution in [0.4, 0.5) is 8.78 Å². The van der Waals surface area contributed by atoms with Gasteiger partial charge in [0, 0.05) is 31.6 Å². The molecular formula is C12H12F2N4O. The van der Waals surface area contributed by atoms with Crippen LogP contribution in [-0.4, -0.2) is 27.4 Å². The van der Waals surface area contributed by atoms with Gasteiger partial charge in [-0.1, -0.05) is 0 Å². The average molecular weight is 266 g/mol. The Kier molecular flexibility index (Phi) is 4.17. The molecule has 0 radical (unpaired) electrons. The van der Waals surface area contributed by atoms with Crippen LogP contribution in [0.25, 0.3) is 0 Å². The van der Waals surface area contributed by atoms with Crippen molar-refractivity contribution in [1.82, 2.24) is 20.3 Å². The highest BCUT2D eigenvalue weighted by Gasteiger charge is 2.15. The van der Waals surface area contributed by atoms with Gasteiger partial charge in [0.2, 0.25) is 5.95 Å². The number of pyridine rings is 1. The molecule has 19 heavy (non-hydrogen) atoms. The third kappa shape index (κ3) is 3.34. The first-order valence-corrected chi connectivity index (χ1v) is 5.75. The summed E-state index contributed by atoms with van der Waals surface area (Å²) in [6.07, 6.45) is 5.72. The number of hydrogen-bond acceptors (Lipinski definition) is 3. The van der Waals surface area contributed by atoms with E-state index in [0.717, 1.165) is 18.1 Å². The summed E-state index contributed by atoms with van der Waals surface area (Å²) in [6.45, 7) is 0.350. The highest BCUT2D eigenvalue weighted by Crippen LogP contribution is 2.08. The number of nitrogens with zero attached hydrogens (tertiary/aromatic N) is 2. The zero-order chi connectivity index (χ0) is 13.7. The van der Waals surface area contributed by atoms with Gasteiger partial charge in [0.05, 0.1) is 5.56 Å². The van der Waals surface area contributed by atoms with Crippen LogP contribution in [0.15, 0.2) is 24.7 Å². The number of imidazole rings is 1. The van der Waals surface area contributed by atoms with Gasteiger partial charge in [0.25, 0.3) is 5.91 Å². The molecule has 0 bridgehead atoms. The molecule has 5 nitrogen and oxygen atoms in total. The molecule has 2 aromatic rings. The maximum absolute atomic E-state index is 13.3. The second-order valence-corrected chi connectivity index (χ2v) is 3.86. The molecule has 100 valence electrons. The molecule has 2 aromatic heterocycles. The highest BCUT2D eigenvalue weighted by atomic mass is 19.2. The van der Waals surface area contributed by atoms with Crippen molar-refractivity contribution in [3.05, 3.63) is 47.8 Å². The minimum absolute atomic E-state index is 0.342. The fourth-order valence-corrected chi connectivity index (χ4v) is 1.58. The van der Waals surface area contributed by atoms with Crippen LogP contribution < -0.4 is 5.32 Å². The largest absolute Gasteiger partial charge is 0.352 e. The van der Waals surface area contributed by atoms with Crippen molar-refractivity contribution in [2.75, 3.05) is 6.54 Å². The van der Waals surface area contributed by atoms with Crippen LogP contribution in [0.1, 0.15) is 22.6 Å². The normalized spacial score (nSPS) is 10.4. The average Bonchev–Trinajstić information content (AvgIpc) is 2.91. The van der Waals surface area contributed by atoms with Gasteiger partial charge in [-0.15, -0.1) is 0 Å². The molecule has 2 heterocycles. The molecular weight excluding hydrogens is 254 g/mol. The van der Waals surface area contributed by atoms with Crippen LogP contribution in [-0.2, 0) is 6.42 Å². The highest BCUT2D eigenvalue weighted by molar-refractivity contribution is 5.94. The second-order valence-electron chi connectivity index (χ2n) is 3.86. The van der Waals surface area contributed by atoms with Crippen molar-refractivity contribution in [2.24, 2.45) is 0 Å². The van der Waals surface area contributed by atoms with E-state index in [9.17, 15) is 13.6 Å². The van der Waals surface area contributed by atoms with Crippen molar-refractivity contribution in [3.8, 4) is 0 Å². The first-order valence-electron chi connectivity index (χ1n) is 5.75. The molecule has 0 aliphatic rings. The summed E-state index contributed by atoms with van der Waals surface area (Å²) in [4.78, 5) is 21.7. The van der Waals surface area contributed by atoms with Gasteiger partial charge in [-0.3, -0.25) is 4.79 Å². The maximum atomic E-state index is 13.3. The first-order chi connectivity index (χ1) is 9.18. The zero-order valence-electron chi connectivity index (χ0n) is 9.99. The molecule has 0 aromatic carbocycles. The standard InChI is InChI=1S/C12H12F2N4O/c13-10-8(3-5-17-11(10)14)12(19)18-4-1-2-9-15-6-7-16-9/h3,5-7H,1-2,4H2,(H,15,16)(H,18,19). The van der Waals surface area contributed by atoms with E-state index < -0.39 is 17.7 Å². The topological polar surface area (TPSA) is 70.7 Å². The Morgan fingerprint density at radius 1 is 1.32 bits per heavy atom. The summed E-state index contributed by atoms with van der Waals surface area (Å²) < 4.78 is 26.1. The van der Waals surface area contributed by atoms with Crippen LogP contribution in [0.2, 0.25) is 0 Å². The summed E-state index contributed by atoms with van der Waals surface area (Å²) in [5, 5.41) is 2.51. The zero-order valence-corrected chi connectivity index (χ0v) is 9.99. The number of H-pyrrole nitrogens is 1. The summed E-state index contributed by atoms with van der Waals surface area (Å²) in [5.74, 6) is -2.34. The molecule has 2 N–H and O–H groups in total. The lowest BCUT2D eigenvalue weighted by Gasteiger charge is -2.05. The maximum Gasteiger partial charge on any atom is 0.254 e. The predicted molar refractivity (Wildman–Crippen MR) is 63.4 cm³/mol. The third-order valence-electron chi connectivity index (χ3n) is 2.52. The second kappa shape index (κ2) is 6.03. The number of aryl methyl sites for hydroxylation is 1. The van der Waals surface area contributed by atoms with Crippen LogP contribution in [0, 0.1) is 11.8 Å². The van der Waals surface area contributed by atoms with Crippen molar-refractivity contribution >= 4 is 5.91 Å². The smallest absolute Gasteiger partial charge is 0.254 e. The lowest BCUT2D eigenvalue weighted by Crippen LogP contribution is -2.26. The Hall–Kier alpha value is -2.31. The lowest BCUT2D eigenvalue weighted by atomic mass is 10.2. The van der Waals surface area contributed by atoms with Gasteiger partial charge in [0.1, 0.15) is 5.82 Å². The molecule has 1 amide bonds. The molecule has 0 aliphatic heterocycles. The van der Waals surface area contributed by atoms with E-state index in [4.69, 9.17) is 0 Å². The number of carbonyl (C=O) groups is 1. The molecule has 2 rings (SSSR count). The number of carbonyl (C=O) groups excluding carboxylic acids is 1. The number of halogens is 2. The lowest BCUT2D eigenvalue weighted by molar-refractivity contribution is 0.0947. The first kappa shape index (κ1) is 13.1. The molecule has 0 saturated carbocycles. The third-order valence-corrected chi connectivity index (χ3v) is 2.52. The number of nitrogens with one attached hydrogen (secondary N) is 2. The van der Waals surface area contributed by atoms with Crippen molar-refractivity contribution in [2.45, 2.75) is 12.8 Å². The molecule has 0 atom stereocenters. The fraction of sp³-hybridized carbons (Fsp3) is 0.250. The predicted octanol–water partition coefficient (Wildman–Crippen LogP) is 1.45. The Morgan fingerprint density at radius 3 is 2.89 bits per heavy atom. The molecule has 0 unspecified atom stereocenters. The quantitative estimate of drug-likeness (QED) is 0.635. The van der Waals surface area contributed by atoms with Crippen molar-refractivity contribution < 1.29 is 13.6 Å². The van der Waals surface area contributed by atoms with E-state index in [1.54, 1.807) is 12.4 Å². The number of rotatable bonds is 5. The van der Waals surface area contributed by atoms with Gasteiger partial charge < -0.3 is 10.3 Å². The van der Waals surface area contributed by atoms with Crippen molar-refractivity contribution in [3.63, 3.8) is 0 Å². The summed E-state index contributed by atoms with van der Waals surface area (Å²) in [6, 6.07) is 1.14. The van der Waals surface area contributed by atoms with Crippen LogP contribution in [0.5, 0.6) is 0 Å². The molecule has 0 saturated heterocycles. The summed E-state index contributed by atoms with van der Waals surface area (Å²) in [7, 11) is 0. The van der Waals surface area contributed by atoms with E-state index in [0.29, 0.717) is 19.4 Å². The van der Waals surface area contributed by atoms with E-state index in [-0.39, 0.29) is 5.56 Å². The van der Waals surface area contributed by atoms with E-state index in [1.165, 1.54) is 0 Å². The number of aromatic amines is 1. The fourth-order valence-electron chi connectivity index (χ4n) is 1.58. The van der Waals surface area contributed by atoms with Gasteiger partial charge >= 0.3 is 0 Å². The van der Waals surface area contributed by atoms with Gasteiger partial charge in [0.15, 0.2) is 5.82 Å². The van der Waals surface area contributed by atoms with Crippen molar-refractivity contribution in [1.29, 1.82) is 0 Å². The monoisotopic (exact) mass is 266 g/mol. The molecule has 0 spiro atoms. The van der Waals surface area contributed by atoms with E-state index >= 15 is 0 Å². The number of amides is 1. The Bertz CT molecular complexity index is 557. The van der Waals surface area contributed by atoms with Gasteiger partial charge in [-0.2, -0.15) is 4.39 Å². The number of aromatic nitrogens is 3. The Morgan fingerprint density at radius 2 is 2.16 bits per heavy atom. The molecule has 7 heteroatoms.